The van der Waals surface area contributed by atoms with Crippen LogP contribution in [0.5, 0.6) is 0 Å². The summed E-state index contributed by atoms with van der Waals surface area (Å²) in [6, 6.07) is 19.4. The van der Waals surface area contributed by atoms with Crippen LogP contribution >= 0.6 is 0 Å². The van der Waals surface area contributed by atoms with Gasteiger partial charge in [-0.25, -0.2) is 17.7 Å². The van der Waals surface area contributed by atoms with Crippen molar-refractivity contribution in [3.05, 3.63) is 113 Å². The predicted octanol–water partition coefficient (Wildman–Crippen LogP) is 5.17. The van der Waals surface area contributed by atoms with Crippen LogP contribution in [-0.2, 0) is 6.42 Å². The van der Waals surface area contributed by atoms with Gasteiger partial charge < -0.3 is 0 Å². The Bertz CT molecular complexity index is 1220. The molecule has 0 N–H and O–H groups in total. The van der Waals surface area contributed by atoms with Crippen molar-refractivity contribution >= 4 is 0 Å². The zero-order chi connectivity index (χ0) is 22.4. The number of fused-ring (bicyclic) bond motifs is 1. The van der Waals surface area contributed by atoms with Crippen molar-refractivity contribution in [2.75, 3.05) is 0 Å². The van der Waals surface area contributed by atoms with Crippen LogP contribution < -0.4 is 4.57 Å². The molecule has 162 valence electrons. The molecule has 3 nitrogen and oxygen atoms in total. The Labute approximate surface area is 180 Å². The van der Waals surface area contributed by atoms with E-state index in [0.717, 1.165) is 15.8 Å². The van der Waals surface area contributed by atoms with Gasteiger partial charge in [0, 0.05) is 17.4 Å². The molecular formula is C24H17F5N3+. The van der Waals surface area contributed by atoms with E-state index in [9.17, 15) is 22.0 Å². The normalized spacial score (nSPS) is 15.4. The minimum atomic E-state index is -2.19. The van der Waals surface area contributed by atoms with E-state index in [-0.39, 0.29) is 12.0 Å². The van der Waals surface area contributed by atoms with E-state index in [4.69, 9.17) is 0 Å². The molecular weight excluding hydrogens is 425 g/mol. The van der Waals surface area contributed by atoms with E-state index in [2.05, 4.69) is 5.10 Å². The number of halogens is 5. The van der Waals surface area contributed by atoms with Crippen LogP contribution in [0.4, 0.5) is 22.0 Å². The molecule has 0 spiro atoms. The van der Waals surface area contributed by atoms with Crippen LogP contribution in [0.1, 0.15) is 35.3 Å². The standard InChI is InChI=1S/C24H17F5N3/c25-19-20(26)22(28)24(23(29)21(19)27)32-13-31-16(11-12-17(31)30-32)18(14-7-3-1-4-8-14)15-9-5-2-6-10-15/h1-10,13,16,18H,11-12H2/q+1/t16-/m0/s1. The fraction of sp³-hybridized carbons (Fsp3) is 0.167. The second-order valence-electron chi connectivity index (χ2n) is 7.71. The molecule has 5 rings (SSSR count). The molecule has 1 aromatic heterocycles. The topological polar surface area (TPSA) is 21.7 Å². The number of hydrogen-bond donors (Lipinski definition) is 0. The fourth-order valence-electron chi connectivity index (χ4n) is 4.45. The highest BCUT2D eigenvalue weighted by Crippen LogP contribution is 2.37. The molecule has 1 atom stereocenters. The van der Waals surface area contributed by atoms with Gasteiger partial charge in [0.05, 0.1) is 6.04 Å². The average molecular weight is 442 g/mol. The van der Waals surface area contributed by atoms with Crippen molar-refractivity contribution < 1.29 is 26.5 Å². The second-order valence-corrected chi connectivity index (χ2v) is 7.71. The molecule has 0 radical (unpaired) electrons. The first-order chi connectivity index (χ1) is 15.5. The quantitative estimate of drug-likeness (QED) is 0.185. The summed E-state index contributed by atoms with van der Waals surface area (Å²) in [5, 5.41) is 4.16. The Kier molecular flexibility index (Phi) is 5.00. The minimum Gasteiger partial charge on any atom is -0.230 e. The Morgan fingerprint density at radius 1 is 0.750 bits per heavy atom. The molecule has 0 amide bonds. The average Bonchev–Trinajstić information content (AvgIpc) is 3.40. The first kappa shape index (κ1) is 20.4. The summed E-state index contributed by atoms with van der Waals surface area (Å²) in [6.07, 6.45) is 2.53. The molecule has 1 aliphatic rings. The zero-order valence-electron chi connectivity index (χ0n) is 16.7. The molecule has 1 aliphatic heterocycles. The summed E-state index contributed by atoms with van der Waals surface area (Å²) in [5.74, 6) is -9.59. The first-order valence-corrected chi connectivity index (χ1v) is 10.1. The van der Waals surface area contributed by atoms with Crippen molar-refractivity contribution in [1.82, 2.24) is 9.78 Å². The summed E-state index contributed by atoms with van der Waals surface area (Å²) in [5.41, 5.74) is 1.01. The summed E-state index contributed by atoms with van der Waals surface area (Å²) in [7, 11) is 0. The van der Waals surface area contributed by atoms with Crippen molar-refractivity contribution in [2.45, 2.75) is 24.8 Å². The second kappa shape index (κ2) is 7.85. The fourth-order valence-corrected chi connectivity index (χ4v) is 4.45. The maximum atomic E-state index is 14.3. The van der Waals surface area contributed by atoms with Gasteiger partial charge in [0.25, 0.3) is 5.82 Å². The van der Waals surface area contributed by atoms with Gasteiger partial charge in [-0.3, -0.25) is 0 Å². The smallest absolute Gasteiger partial charge is 0.230 e. The van der Waals surface area contributed by atoms with Crippen LogP contribution in [0.3, 0.4) is 0 Å². The summed E-state index contributed by atoms with van der Waals surface area (Å²) in [4.78, 5) is 0. The van der Waals surface area contributed by atoms with Crippen LogP contribution in [-0.4, -0.2) is 9.78 Å². The molecule has 4 aromatic rings. The van der Waals surface area contributed by atoms with Gasteiger partial charge in [0.1, 0.15) is 0 Å². The lowest BCUT2D eigenvalue weighted by Crippen LogP contribution is -2.40. The highest BCUT2D eigenvalue weighted by molar-refractivity contribution is 5.37. The summed E-state index contributed by atoms with van der Waals surface area (Å²) < 4.78 is 72.1. The summed E-state index contributed by atoms with van der Waals surface area (Å²) >= 11 is 0. The highest BCUT2D eigenvalue weighted by Gasteiger charge is 2.40. The monoisotopic (exact) mass is 442 g/mol. The van der Waals surface area contributed by atoms with Gasteiger partial charge >= 0.3 is 0 Å². The predicted molar refractivity (Wildman–Crippen MR) is 106 cm³/mol. The third-order valence-corrected chi connectivity index (χ3v) is 5.89. The third-order valence-electron chi connectivity index (χ3n) is 5.89. The maximum absolute atomic E-state index is 14.3. The van der Waals surface area contributed by atoms with Crippen molar-refractivity contribution in [1.29, 1.82) is 0 Å². The van der Waals surface area contributed by atoms with E-state index in [0.29, 0.717) is 18.7 Å². The lowest BCUT2D eigenvalue weighted by molar-refractivity contribution is -0.718. The number of benzene rings is 3. The molecule has 0 bridgehead atoms. The Morgan fingerprint density at radius 2 is 1.25 bits per heavy atom. The van der Waals surface area contributed by atoms with Gasteiger partial charge in [-0.05, 0) is 17.5 Å². The van der Waals surface area contributed by atoms with Crippen molar-refractivity contribution in [2.24, 2.45) is 0 Å². The molecule has 0 saturated carbocycles. The van der Waals surface area contributed by atoms with Gasteiger partial charge in [-0.15, -0.1) is 0 Å². The van der Waals surface area contributed by atoms with E-state index in [1.807, 2.05) is 60.7 Å². The first-order valence-electron chi connectivity index (χ1n) is 10.1. The molecule has 8 heteroatoms. The summed E-state index contributed by atoms with van der Waals surface area (Å²) in [6.45, 7) is 0. The largest absolute Gasteiger partial charge is 0.278 e. The Balaban J connectivity index is 1.63. The number of aryl methyl sites for hydroxylation is 1. The Hall–Kier alpha value is -3.55. The lowest BCUT2D eigenvalue weighted by Gasteiger charge is -2.23. The number of nitrogens with zero attached hydrogens (tertiary/aromatic N) is 3. The van der Waals surface area contributed by atoms with Crippen molar-refractivity contribution in [3.63, 3.8) is 0 Å². The molecule has 0 saturated heterocycles. The van der Waals surface area contributed by atoms with Gasteiger partial charge in [-0.2, -0.15) is 8.78 Å². The lowest BCUT2D eigenvalue weighted by atomic mass is 9.84. The molecule has 0 unspecified atom stereocenters. The van der Waals surface area contributed by atoms with Gasteiger partial charge in [0.15, 0.2) is 0 Å². The van der Waals surface area contributed by atoms with E-state index in [1.54, 1.807) is 4.57 Å². The third kappa shape index (κ3) is 3.18. The van der Waals surface area contributed by atoms with E-state index >= 15 is 0 Å². The number of hydrogen-bond acceptors (Lipinski definition) is 1. The minimum absolute atomic E-state index is 0.0855. The highest BCUT2D eigenvalue weighted by atomic mass is 19.2. The number of aromatic nitrogens is 3. The van der Waals surface area contributed by atoms with E-state index < -0.39 is 34.8 Å². The van der Waals surface area contributed by atoms with Gasteiger partial charge in [0.2, 0.25) is 41.1 Å². The zero-order valence-corrected chi connectivity index (χ0v) is 16.7. The number of rotatable bonds is 4. The SMILES string of the molecule is Fc1c(F)c(F)c(-n2c[n+]3c(n2)CC[C@H]3C(c2ccccc2)c2ccccc2)c(F)c1F. The molecule has 3 aromatic carbocycles. The maximum Gasteiger partial charge on any atom is 0.278 e. The van der Waals surface area contributed by atoms with E-state index in [1.165, 1.54) is 6.33 Å². The van der Waals surface area contributed by atoms with Crippen LogP contribution in [0.15, 0.2) is 67.0 Å². The van der Waals surface area contributed by atoms with Crippen LogP contribution in [0, 0.1) is 29.1 Å². The molecule has 0 aliphatic carbocycles. The van der Waals surface area contributed by atoms with Crippen molar-refractivity contribution in [3.8, 4) is 5.69 Å². The Morgan fingerprint density at radius 3 is 1.78 bits per heavy atom. The van der Waals surface area contributed by atoms with Gasteiger partial charge in [-0.1, -0.05) is 65.3 Å². The molecule has 32 heavy (non-hydrogen) atoms. The molecule has 0 fully saturated rings. The molecule has 2 heterocycles. The van der Waals surface area contributed by atoms with Crippen LogP contribution in [0.2, 0.25) is 0 Å². The van der Waals surface area contributed by atoms with Crippen LogP contribution in [0.25, 0.3) is 5.69 Å².